The third-order valence-corrected chi connectivity index (χ3v) is 2.16. The minimum Gasteiger partial charge on any atom is -0.302 e. The molecule has 0 amide bonds. The minimum atomic E-state index is -1.10. The van der Waals surface area contributed by atoms with Gasteiger partial charge in [-0.15, -0.1) is 0 Å². The molecule has 3 heteroatoms. The van der Waals surface area contributed by atoms with Crippen LogP contribution in [0.25, 0.3) is 0 Å². The molecule has 0 atom stereocenters. The van der Waals surface area contributed by atoms with E-state index in [1.165, 1.54) is 0 Å². The Hall–Kier alpha value is -1.77. The maximum absolute atomic E-state index is 11.4. The van der Waals surface area contributed by atoms with Crippen molar-refractivity contribution in [2.75, 3.05) is 0 Å². The molecule has 0 spiro atoms. The number of carbonyl (C=O) groups excluding carboxylic acids is 3. The van der Waals surface area contributed by atoms with Gasteiger partial charge in [0.2, 0.25) is 0 Å². The van der Waals surface area contributed by atoms with Crippen LogP contribution in [0.4, 0.5) is 0 Å². The van der Waals surface area contributed by atoms with E-state index in [0.29, 0.717) is 17.4 Å². The molecule has 64 valence electrons. The number of hydrogen-bond acceptors (Lipinski definition) is 3. The zero-order chi connectivity index (χ0) is 9.42. The van der Waals surface area contributed by atoms with E-state index in [4.69, 9.17) is 0 Å². The third-order valence-electron chi connectivity index (χ3n) is 2.16. The molecule has 1 aromatic carbocycles. The fourth-order valence-electron chi connectivity index (χ4n) is 1.49. The van der Waals surface area contributed by atoms with Gasteiger partial charge in [-0.3, -0.25) is 9.59 Å². The zero-order valence-electron chi connectivity index (χ0n) is 6.69. The maximum Gasteiger partial charge on any atom is 0.181 e. The second-order valence-electron chi connectivity index (χ2n) is 2.89. The van der Waals surface area contributed by atoms with E-state index < -0.39 is 5.92 Å². The number of hydrogen-bond donors (Lipinski definition) is 0. The minimum absolute atomic E-state index is 0.365. The molecule has 13 heavy (non-hydrogen) atoms. The predicted molar refractivity (Wildman–Crippen MR) is 44.7 cm³/mol. The molecular formula is C10H6O3. The van der Waals surface area contributed by atoms with Gasteiger partial charge in [0, 0.05) is 11.1 Å². The van der Waals surface area contributed by atoms with E-state index in [-0.39, 0.29) is 11.6 Å². The van der Waals surface area contributed by atoms with E-state index >= 15 is 0 Å². The molecule has 0 fully saturated rings. The SMILES string of the molecule is O=CC1C(=O)c2ccccc2C1=O. The molecule has 0 aromatic heterocycles. The Balaban J connectivity index is 2.63. The van der Waals surface area contributed by atoms with Crippen molar-refractivity contribution >= 4 is 17.9 Å². The Morgan fingerprint density at radius 3 is 1.85 bits per heavy atom. The molecule has 1 aromatic rings. The van der Waals surface area contributed by atoms with Crippen molar-refractivity contribution in [1.29, 1.82) is 0 Å². The van der Waals surface area contributed by atoms with E-state index in [9.17, 15) is 14.4 Å². The highest BCUT2D eigenvalue weighted by molar-refractivity contribution is 6.32. The van der Waals surface area contributed by atoms with Gasteiger partial charge in [0.25, 0.3) is 0 Å². The molecular weight excluding hydrogens is 168 g/mol. The normalized spacial score (nSPS) is 16.0. The van der Waals surface area contributed by atoms with Gasteiger partial charge in [0.05, 0.1) is 0 Å². The van der Waals surface area contributed by atoms with Crippen LogP contribution in [-0.4, -0.2) is 17.9 Å². The summed E-state index contributed by atoms with van der Waals surface area (Å²) >= 11 is 0. The molecule has 0 radical (unpaired) electrons. The van der Waals surface area contributed by atoms with Crippen LogP contribution < -0.4 is 0 Å². The van der Waals surface area contributed by atoms with Crippen LogP contribution in [0.1, 0.15) is 20.7 Å². The second kappa shape index (κ2) is 2.62. The summed E-state index contributed by atoms with van der Waals surface area (Å²) in [4.78, 5) is 33.2. The zero-order valence-corrected chi connectivity index (χ0v) is 6.69. The Morgan fingerprint density at radius 2 is 1.46 bits per heavy atom. The molecule has 0 aliphatic heterocycles. The average Bonchev–Trinajstić information content (AvgIpc) is 2.41. The van der Waals surface area contributed by atoms with Crippen LogP contribution in [-0.2, 0) is 4.79 Å². The lowest BCUT2D eigenvalue weighted by Crippen LogP contribution is -2.15. The lowest BCUT2D eigenvalue weighted by Gasteiger charge is -1.91. The molecule has 0 saturated heterocycles. The highest BCUT2D eigenvalue weighted by atomic mass is 16.2. The molecule has 2 rings (SSSR count). The molecule has 3 nitrogen and oxygen atoms in total. The van der Waals surface area contributed by atoms with Gasteiger partial charge in [0.1, 0.15) is 12.2 Å². The van der Waals surface area contributed by atoms with Crippen molar-refractivity contribution in [2.24, 2.45) is 5.92 Å². The van der Waals surface area contributed by atoms with Gasteiger partial charge in [0.15, 0.2) is 11.6 Å². The van der Waals surface area contributed by atoms with Gasteiger partial charge >= 0.3 is 0 Å². The Kier molecular flexibility index (Phi) is 1.59. The standard InChI is InChI=1S/C10H6O3/c11-5-8-9(12)6-3-1-2-4-7(6)10(8)13/h1-5,8H. The van der Waals surface area contributed by atoms with Crippen LogP contribution >= 0.6 is 0 Å². The first kappa shape index (κ1) is 7.86. The first-order valence-electron chi connectivity index (χ1n) is 3.88. The predicted octanol–water partition coefficient (Wildman–Crippen LogP) is 0.881. The van der Waals surface area contributed by atoms with Crippen molar-refractivity contribution in [2.45, 2.75) is 0 Å². The summed E-state index contributed by atoms with van der Waals surface area (Å²) in [6.45, 7) is 0. The number of fused-ring (bicyclic) bond motifs is 1. The molecule has 0 unspecified atom stereocenters. The highest BCUT2D eigenvalue weighted by Gasteiger charge is 2.37. The summed E-state index contributed by atoms with van der Waals surface area (Å²) in [6, 6.07) is 6.49. The van der Waals surface area contributed by atoms with Crippen molar-refractivity contribution in [3.63, 3.8) is 0 Å². The summed E-state index contributed by atoms with van der Waals surface area (Å²) in [5, 5.41) is 0. The van der Waals surface area contributed by atoms with E-state index in [1.54, 1.807) is 24.3 Å². The number of benzene rings is 1. The van der Waals surface area contributed by atoms with E-state index in [0.717, 1.165) is 0 Å². The number of rotatable bonds is 1. The molecule has 1 aliphatic carbocycles. The summed E-state index contributed by atoms with van der Waals surface area (Å²) < 4.78 is 0. The van der Waals surface area contributed by atoms with E-state index in [2.05, 4.69) is 0 Å². The van der Waals surface area contributed by atoms with Crippen molar-refractivity contribution in [1.82, 2.24) is 0 Å². The summed E-state index contributed by atoms with van der Waals surface area (Å²) in [5.41, 5.74) is 0.731. The summed E-state index contributed by atoms with van der Waals surface area (Å²) in [7, 11) is 0. The quantitative estimate of drug-likeness (QED) is 0.469. The fourth-order valence-corrected chi connectivity index (χ4v) is 1.49. The van der Waals surface area contributed by atoms with Gasteiger partial charge in [-0.1, -0.05) is 24.3 Å². The number of ketones is 2. The first-order chi connectivity index (χ1) is 6.25. The lowest BCUT2D eigenvalue weighted by molar-refractivity contribution is -0.108. The molecule has 0 saturated carbocycles. The largest absolute Gasteiger partial charge is 0.302 e. The Bertz CT molecular complexity index is 371. The van der Waals surface area contributed by atoms with E-state index in [1.807, 2.05) is 0 Å². The van der Waals surface area contributed by atoms with Crippen molar-refractivity contribution in [3.05, 3.63) is 35.4 Å². The number of aldehydes is 1. The smallest absolute Gasteiger partial charge is 0.181 e. The molecule has 1 aliphatic rings. The maximum atomic E-state index is 11.4. The van der Waals surface area contributed by atoms with Gasteiger partial charge in [-0.2, -0.15) is 0 Å². The molecule has 0 N–H and O–H groups in total. The molecule has 0 heterocycles. The highest BCUT2D eigenvalue weighted by Crippen LogP contribution is 2.24. The Labute approximate surface area is 74.4 Å². The van der Waals surface area contributed by atoms with Crippen molar-refractivity contribution < 1.29 is 14.4 Å². The number of Topliss-reactive ketones (excluding diaryl/α,β-unsaturated/α-hetero) is 2. The monoisotopic (exact) mass is 174 g/mol. The van der Waals surface area contributed by atoms with Crippen LogP contribution in [0.3, 0.4) is 0 Å². The van der Waals surface area contributed by atoms with Gasteiger partial charge in [-0.25, -0.2) is 0 Å². The number of carbonyl (C=O) groups is 3. The fraction of sp³-hybridized carbons (Fsp3) is 0.100. The van der Waals surface area contributed by atoms with Crippen LogP contribution in [0.15, 0.2) is 24.3 Å². The van der Waals surface area contributed by atoms with Gasteiger partial charge in [-0.05, 0) is 0 Å². The summed E-state index contributed by atoms with van der Waals surface area (Å²) in [6.07, 6.45) is 0.407. The summed E-state index contributed by atoms with van der Waals surface area (Å²) in [5.74, 6) is -1.86. The van der Waals surface area contributed by atoms with Crippen LogP contribution in [0.5, 0.6) is 0 Å². The lowest BCUT2D eigenvalue weighted by atomic mass is 10.1. The van der Waals surface area contributed by atoms with Crippen molar-refractivity contribution in [3.8, 4) is 0 Å². The second-order valence-corrected chi connectivity index (χ2v) is 2.89. The third kappa shape index (κ3) is 0.935. The van der Waals surface area contributed by atoms with Crippen LogP contribution in [0, 0.1) is 5.92 Å². The average molecular weight is 174 g/mol. The van der Waals surface area contributed by atoms with Crippen LogP contribution in [0.2, 0.25) is 0 Å². The molecule has 0 bridgehead atoms. The first-order valence-corrected chi connectivity index (χ1v) is 3.88. The Morgan fingerprint density at radius 1 is 1.00 bits per heavy atom. The van der Waals surface area contributed by atoms with Gasteiger partial charge < -0.3 is 4.79 Å². The topological polar surface area (TPSA) is 51.2 Å².